The lowest BCUT2D eigenvalue weighted by Crippen LogP contribution is -1.97. The highest BCUT2D eigenvalue weighted by molar-refractivity contribution is 5.73. The lowest BCUT2D eigenvalue weighted by atomic mass is 10.2. The van der Waals surface area contributed by atoms with Crippen molar-refractivity contribution >= 4 is 17.0 Å². The van der Waals surface area contributed by atoms with Gasteiger partial charge in [-0.3, -0.25) is 9.38 Å². The highest BCUT2D eigenvalue weighted by Gasteiger charge is 2.26. The molecule has 1 aliphatic carbocycles. The molecule has 1 N–H and O–H groups in total. The summed E-state index contributed by atoms with van der Waals surface area (Å²) in [5.74, 6) is 1.30. The summed E-state index contributed by atoms with van der Waals surface area (Å²) >= 11 is 0. The second-order valence-corrected chi connectivity index (χ2v) is 6.30. The van der Waals surface area contributed by atoms with E-state index in [1.807, 2.05) is 23.5 Å². The van der Waals surface area contributed by atoms with Crippen LogP contribution in [-0.2, 0) is 0 Å². The summed E-state index contributed by atoms with van der Waals surface area (Å²) in [7, 11) is 0. The predicted molar refractivity (Wildman–Crippen MR) is 92.7 cm³/mol. The number of aromatic nitrogens is 5. The largest absolute Gasteiger partial charge is 0.442 e. The Hall–Kier alpha value is -3.22. The molecule has 1 saturated carbocycles. The van der Waals surface area contributed by atoms with Crippen molar-refractivity contribution in [3.8, 4) is 11.5 Å². The van der Waals surface area contributed by atoms with Gasteiger partial charge in [-0.15, -0.1) is 0 Å². The van der Waals surface area contributed by atoms with Gasteiger partial charge in [0.2, 0.25) is 0 Å². The molecule has 0 radical (unpaired) electrons. The minimum atomic E-state index is 0.610. The van der Waals surface area contributed by atoms with Crippen molar-refractivity contribution < 1.29 is 4.42 Å². The van der Waals surface area contributed by atoms with Crippen LogP contribution >= 0.6 is 0 Å². The van der Waals surface area contributed by atoms with Gasteiger partial charge in [0.25, 0.3) is 0 Å². The van der Waals surface area contributed by atoms with Gasteiger partial charge in [0.05, 0.1) is 29.5 Å². The summed E-state index contributed by atoms with van der Waals surface area (Å²) in [6.07, 6.45) is 11.3. The van der Waals surface area contributed by atoms with Gasteiger partial charge in [-0.2, -0.15) is 0 Å². The molecule has 25 heavy (non-hydrogen) atoms. The number of hydrogen-bond acceptors (Lipinski definition) is 6. The van der Waals surface area contributed by atoms with E-state index in [-0.39, 0.29) is 0 Å². The molecular formula is C18H16N6O. The van der Waals surface area contributed by atoms with Crippen molar-refractivity contribution in [2.45, 2.75) is 25.7 Å². The minimum absolute atomic E-state index is 0.610. The second kappa shape index (κ2) is 5.41. The summed E-state index contributed by atoms with van der Waals surface area (Å²) in [6.45, 7) is 1.90. The fourth-order valence-electron chi connectivity index (χ4n) is 2.91. The Morgan fingerprint density at radius 1 is 1.20 bits per heavy atom. The van der Waals surface area contributed by atoms with E-state index in [4.69, 9.17) is 9.40 Å². The van der Waals surface area contributed by atoms with Crippen LogP contribution in [0.3, 0.4) is 0 Å². The summed E-state index contributed by atoms with van der Waals surface area (Å²) in [5, 5.41) is 3.35. The highest BCUT2D eigenvalue weighted by Crippen LogP contribution is 2.39. The second-order valence-electron chi connectivity index (χ2n) is 6.30. The molecule has 5 rings (SSSR count). The average Bonchev–Trinajstić information content (AvgIpc) is 3.24. The van der Waals surface area contributed by atoms with E-state index in [2.05, 4.69) is 26.5 Å². The van der Waals surface area contributed by atoms with Crippen LogP contribution in [0.15, 0.2) is 47.9 Å². The fourth-order valence-corrected chi connectivity index (χ4v) is 2.91. The molecule has 4 aromatic heterocycles. The zero-order valence-electron chi connectivity index (χ0n) is 13.7. The van der Waals surface area contributed by atoms with E-state index in [9.17, 15) is 0 Å². The molecule has 7 heteroatoms. The first kappa shape index (κ1) is 14.2. The molecule has 0 bridgehead atoms. The number of pyridine rings is 1. The van der Waals surface area contributed by atoms with Gasteiger partial charge < -0.3 is 9.73 Å². The first-order valence-corrected chi connectivity index (χ1v) is 8.24. The summed E-state index contributed by atoms with van der Waals surface area (Å²) in [6, 6.07) is 3.86. The number of fused-ring (bicyclic) bond motifs is 1. The maximum Gasteiger partial charge on any atom is 0.181 e. The number of hydrogen-bond donors (Lipinski definition) is 1. The Labute approximate surface area is 143 Å². The van der Waals surface area contributed by atoms with Gasteiger partial charge in [0.1, 0.15) is 17.7 Å². The summed E-state index contributed by atoms with van der Waals surface area (Å²) < 4.78 is 7.35. The first-order valence-electron chi connectivity index (χ1n) is 8.24. The molecule has 0 atom stereocenters. The molecule has 0 spiro atoms. The van der Waals surface area contributed by atoms with Crippen LogP contribution in [0, 0.1) is 6.92 Å². The van der Waals surface area contributed by atoms with E-state index < -0.39 is 0 Å². The van der Waals surface area contributed by atoms with Crippen molar-refractivity contribution in [1.29, 1.82) is 0 Å². The van der Waals surface area contributed by atoms with Crippen LogP contribution in [0.1, 0.15) is 30.1 Å². The highest BCUT2D eigenvalue weighted by atomic mass is 16.3. The molecule has 7 nitrogen and oxygen atoms in total. The number of nitrogens with one attached hydrogen (secondary N) is 1. The van der Waals surface area contributed by atoms with Crippen molar-refractivity contribution in [2.75, 3.05) is 5.32 Å². The van der Waals surface area contributed by atoms with Crippen LogP contribution < -0.4 is 5.32 Å². The lowest BCUT2D eigenvalue weighted by Gasteiger charge is -2.07. The predicted octanol–water partition coefficient (Wildman–Crippen LogP) is 3.71. The zero-order valence-corrected chi connectivity index (χ0v) is 13.7. The Balaban J connectivity index is 1.45. The first-order chi connectivity index (χ1) is 12.3. The van der Waals surface area contributed by atoms with Gasteiger partial charge in [-0.25, -0.2) is 15.0 Å². The van der Waals surface area contributed by atoms with Crippen LogP contribution in [0.5, 0.6) is 0 Å². The number of oxazole rings is 1. The van der Waals surface area contributed by atoms with Crippen LogP contribution in [0.25, 0.3) is 17.1 Å². The monoisotopic (exact) mass is 332 g/mol. The molecular weight excluding hydrogens is 316 g/mol. The number of aryl methyl sites for hydroxylation is 1. The molecule has 1 aliphatic rings. The van der Waals surface area contributed by atoms with Crippen LogP contribution in [0.4, 0.5) is 11.4 Å². The Morgan fingerprint density at radius 3 is 2.84 bits per heavy atom. The summed E-state index contributed by atoms with van der Waals surface area (Å²) in [4.78, 5) is 17.6. The lowest BCUT2D eigenvalue weighted by molar-refractivity contribution is 0.569. The van der Waals surface area contributed by atoms with Gasteiger partial charge >= 0.3 is 0 Å². The van der Waals surface area contributed by atoms with Gasteiger partial charge in [-0.05, 0) is 31.9 Å². The van der Waals surface area contributed by atoms with Crippen molar-refractivity contribution in [1.82, 2.24) is 24.3 Å². The quantitative estimate of drug-likeness (QED) is 0.613. The third-order valence-electron chi connectivity index (χ3n) is 4.40. The van der Waals surface area contributed by atoms with E-state index in [1.165, 1.54) is 19.2 Å². The maximum absolute atomic E-state index is 5.38. The van der Waals surface area contributed by atoms with Crippen molar-refractivity contribution in [2.24, 2.45) is 0 Å². The molecule has 0 saturated heterocycles. The number of imidazole rings is 1. The molecule has 4 heterocycles. The molecule has 0 aromatic carbocycles. The number of anilines is 2. The van der Waals surface area contributed by atoms with Crippen LogP contribution in [-0.4, -0.2) is 24.3 Å². The molecule has 0 unspecified atom stereocenters. The van der Waals surface area contributed by atoms with Gasteiger partial charge in [0.15, 0.2) is 17.8 Å². The molecule has 0 aliphatic heterocycles. The molecule has 0 amide bonds. The fraction of sp³-hybridized carbons (Fsp3) is 0.222. The van der Waals surface area contributed by atoms with Crippen LogP contribution in [0.2, 0.25) is 0 Å². The third kappa shape index (κ3) is 2.53. The minimum Gasteiger partial charge on any atom is -0.442 e. The summed E-state index contributed by atoms with van der Waals surface area (Å²) in [5.41, 5.74) is 5.34. The zero-order chi connectivity index (χ0) is 16.8. The third-order valence-corrected chi connectivity index (χ3v) is 4.40. The van der Waals surface area contributed by atoms with Crippen molar-refractivity contribution in [3.05, 3.63) is 54.8 Å². The topological polar surface area (TPSA) is 81.1 Å². The number of rotatable bonds is 4. The van der Waals surface area contributed by atoms with E-state index in [1.54, 1.807) is 18.7 Å². The number of nitrogens with zero attached hydrogens (tertiary/aromatic N) is 5. The van der Waals surface area contributed by atoms with Gasteiger partial charge in [0, 0.05) is 12.1 Å². The standard InChI is InChI=1S/C18H16N6O/c1-11-17(25-10-21-11)14-5-4-13(6-20-14)22-15-7-19-9-24-8-16(12-2-3-12)23-18(15)24/h4-10,12,22H,2-3H2,1H3. The van der Waals surface area contributed by atoms with E-state index >= 15 is 0 Å². The van der Waals surface area contributed by atoms with E-state index in [0.717, 1.165) is 34.1 Å². The molecule has 124 valence electrons. The van der Waals surface area contributed by atoms with E-state index in [0.29, 0.717) is 11.7 Å². The Bertz CT molecular complexity index is 1050. The van der Waals surface area contributed by atoms with Gasteiger partial charge in [-0.1, -0.05) is 0 Å². The average molecular weight is 332 g/mol. The smallest absolute Gasteiger partial charge is 0.181 e. The Kier molecular flexibility index (Phi) is 3.06. The molecule has 1 fully saturated rings. The van der Waals surface area contributed by atoms with Crippen molar-refractivity contribution in [3.63, 3.8) is 0 Å². The maximum atomic E-state index is 5.38. The SMILES string of the molecule is Cc1ncoc1-c1ccc(Nc2cncn3cc(C4CC4)nc23)cn1. The normalized spacial score (nSPS) is 14.1. The molecule has 4 aromatic rings. The Morgan fingerprint density at radius 2 is 2.12 bits per heavy atom.